The fraction of sp³-hybridized carbons (Fsp3) is 0.714. The molecule has 80 valence electrons. The Morgan fingerprint density at radius 3 is 2.57 bits per heavy atom. The van der Waals surface area contributed by atoms with E-state index >= 15 is 0 Å². The predicted molar refractivity (Wildman–Crippen MR) is 53.5 cm³/mol. The van der Waals surface area contributed by atoms with Crippen LogP contribution in [0.4, 0.5) is 5.95 Å². The zero-order valence-electron chi connectivity index (χ0n) is 8.27. The Morgan fingerprint density at radius 1 is 1.50 bits per heavy atom. The van der Waals surface area contributed by atoms with Gasteiger partial charge in [-0.1, -0.05) is 6.92 Å². The standard InChI is InChI=1S/C7H14N4O2S/c1-3-6-9-7(8)11(10-6)4-5-14(2,12)13/h3-5H2,1-2H3,(H2,8,9,10). The third-order valence-corrected chi connectivity index (χ3v) is 2.66. The molecule has 0 atom stereocenters. The summed E-state index contributed by atoms with van der Waals surface area (Å²) < 4.78 is 23.2. The van der Waals surface area contributed by atoms with Gasteiger partial charge >= 0.3 is 0 Å². The summed E-state index contributed by atoms with van der Waals surface area (Å²) in [7, 11) is -2.98. The number of aryl methyl sites for hydroxylation is 2. The molecule has 6 nitrogen and oxygen atoms in total. The van der Waals surface area contributed by atoms with Crippen LogP contribution in [0.3, 0.4) is 0 Å². The van der Waals surface area contributed by atoms with E-state index in [9.17, 15) is 8.42 Å². The van der Waals surface area contributed by atoms with Gasteiger partial charge in [0.1, 0.15) is 9.84 Å². The highest BCUT2D eigenvalue weighted by molar-refractivity contribution is 7.90. The molecule has 0 fully saturated rings. The molecule has 1 aromatic heterocycles. The van der Waals surface area contributed by atoms with Crippen molar-refractivity contribution in [3.63, 3.8) is 0 Å². The fourth-order valence-electron chi connectivity index (χ4n) is 0.969. The Kier molecular flexibility index (Phi) is 3.10. The molecule has 0 saturated carbocycles. The van der Waals surface area contributed by atoms with E-state index in [-0.39, 0.29) is 18.2 Å². The molecule has 0 saturated heterocycles. The molecule has 0 spiro atoms. The molecular weight excluding hydrogens is 204 g/mol. The quantitative estimate of drug-likeness (QED) is 0.733. The van der Waals surface area contributed by atoms with Crippen LogP contribution in [0.2, 0.25) is 0 Å². The number of nitrogens with two attached hydrogens (primary N) is 1. The summed E-state index contributed by atoms with van der Waals surface area (Å²) in [6, 6.07) is 0. The van der Waals surface area contributed by atoms with E-state index in [4.69, 9.17) is 5.73 Å². The summed E-state index contributed by atoms with van der Waals surface area (Å²) in [4.78, 5) is 3.96. The fourth-order valence-corrected chi connectivity index (χ4v) is 1.47. The number of rotatable bonds is 4. The number of aromatic nitrogens is 3. The van der Waals surface area contributed by atoms with Gasteiger partial charge in [-0.2, -0.15) is 10.1 Å². The lowest BCUT2D eigenvalue weighted by Gasteiger charge is -2.00. The largest absolute Gasteiger partial charge is 0.368 e. The Hall–Kier alpha value is -1.11. The average molecular weight is 218 g/mol. The smallest absolute Gasteiger partial charge is 0.218 e. The van der Waals surface area contributed by atoms with Crippen molar-refractivity contribution in [2.45, 2.75) is 19.9 Å². The van der Waals surface area contributed by atoms with Crippen molar-refractivity contribution in [3.05, 3.63) is 5.82 Å². The molecular formula is C7H14N4O2S. The summed E-state index contributed by atoms with van der Waals surface area (Å²) in [6.45, 7) is 2.17. The van der Waals surface area contributed by atoms with Crippen LogP contribution in [0.1, 0.15) is 12.7 Å². The summed E-state index contributed by atoms with van der Waals surface area (Å²) in [5, 5.41) is 4.05. The minimum Gasteiger partial charge on any atom is -0.368 e. The van der Waals surface area contributed by atoms with E-state index < -0.39 is 9.84 Å². The van der Waals surface area contributed by atoms with Crippen LogP contribution >= 0.6 is 0 Å². The maximum absolute atomic E-state index is 10.9. The number of hydrogen-bond acceptors (Lipinski definition) is 5. The second-order valence-electron chi connectivity index (χ2n) is 3.09. The van der Waals surface area contributed by atoms with E-state index in [0.29, 0.717) is 12.2 Å². The number of nitrogens with zero attached hydrogens (tertiary/aromatic N) is 3. The van der Waals surface area contributed by atoms with Gasteiger partial charge in [0.15, 0.2) is 5.82 Å². The SMILES string of the molecule is CCc1nc(N)n(CCS(C)(=O)=O)n1. The Balaban J connectivity index is 2.72. The zero-order valence-corrected chi connectivity index (χ0v) is 9.08. The molecule has 7 heteroatoms. The lowest BCUT2D eigenvalue weighted by atomic mass is 10.5. The summed E-state index contributed by atoms with van der Waals surface area (Å²) >= 11 is 0. The summed E-state index contributed by atoms with van der Waals surface area (Å²) in [5.74, 6) is 0.936. The summed E-state index contributed by atoms with van der Waals surface area (Å²) in [6.07, 6.45) is 1.87. The highest BCUT2D eigenvalue weighted by atomic mass is 32.2. The van der Waals surface area contributed by atoms with Crippen LogP contribution in [0.15, 0.2) is 0 Å². The highest BCUT2D eigenvalue weighted by Crippen LogP contribution is 2.01. The molecule has 0 aliphatic carbocycles. The van der Waals surface area contributed by atoms with Crippen LogP contribution in [0.25, 0.3) is 0 Å². The molecule has 0 amide bonds. The molecule has 14 heavy (non-hydrogen) atoms. The lowest BCUT2D eigenvalue weighted by molar-refractivity contribution is 0.586. The summed E-state index contributed by atoms with van der Waals surface area (Å²) in [5.41, 5.74) is 5.54. The van der Waals surface area contributed by atoms with Crippen LogP contribution in [-0.4, -0.2) is 35.2 Å². The van der Waals surface area contributed by atoms with Crippen molar-refractivity contribution in [2.75, 3.05) is 17.7 Å². The van der Waals surface area contributed by atoms with E-state index in [1.54, 1.807) is 0 Å². The van der Waals surface area contributed by atoms with E-state index in [0.717, 1.165) is 0 Å². The molecule has 0 bridgehead atoms. The van der Waals surface area contributed by atoms with Gasteiger partial charge in [-0.25, -0.2) is 13.1 Å². The topological polar surface area (TPSA) is 90.9 Å². The monoisotopic (exact) mass is 218 g/mol. The first-order valence-corrected chi connectivity index (χ1v) is 6.35. The molecule has 0 aromatic carbocycles. The molecule has 2 N–H and O–H groups in total. The van der Waals surface area contributed by atoms with E-state index in [2.05, 4.69) is 10.1 Å². The normalized spacial score (nSPS) is 11.9. The van der Waals surface area contributed by atoms with Crippen molar-refractivity contribution in [2.24, 2.45) is 0 Å². The Morgan fingerprint density at radius 2 is 2.14 bits per heavy atom. The molecule has 0 radical (unpaired) electrons. The van der Waals surface area contributed by atoms with Gasteiger partial charge < -0.3 is 5.73 Å². The molecule has 0 unspecified atom stereocenters. The van der Waals surface area contributed by atoms with Crippen LogP contribution < -0.4 is 5.73 Å². The van der Waals surface area contributed by atoms with Gasteiger partial charge in [-0.3, -0.25) is 0 Å². The second kappa shape index (κ2) is 3.95. The van der Waals surface area contributed by atoms with Gasteiger partial charge in [-0.15, -0.1) is 0 Å². The van der Waals surface area contributed by atoms with Gasteiger partial charge in [0.05, 0.1) is 12.3 Å². The van der Waals surface area contributed by atoms with E-state index in [1.165, 1.54) is 10.9 Å². The van der Waals surface area contributed by atoms with Crippen LogP contribution in [0, 0.1) is 0 Å². The van der Waals surface area contributed by atoms with Crippen molar-refractivity contribution in [1.82, 2.24) is 14.8 Å². The van der Waals surface area contributed by atoms with Crippen molar-refractivity contribution >= 4 is 15.8 Å². The third kappa shape index (κ3) is 2.99. The van der Waals surface area contributed by atoms with Crippen molar-refractivity contribution < 1.29 is 8.42 Å². The number of hydrogen-bond donors (Lipinski definition) is 1. The molecule has 1 rings (SSSR count). The van der Waals surface area contributed by atoms with Crippen LogP contribution in [0.5, 0.6) is 0 Å². The lowest BCUT2D eigenvalue weighted by Crippen LogP contribution is -2.14. The minimum atomic E-state index is -2.98. The van der Waals surface area contributed by atoms with Gasteiger partial charge in [0, 0.05) is 12.7 Å². The maximum Gasteiger partial charge on any atom is 0.218 e. The first-order valence-electron chi connectivity index (χ1n) is 4.29. The second-order valence-corrected chi connectivity index (χ2v) is 5.35. The first-order chi connectivity index (χ1) is 6.42. The molecule has 0 aliphatic heterocycles. The predicted octanol–water partition coefficient (Wildman–Crippen LogP) is -0.533. The Bertz CT molecular complexity index is 409. The minimum absolute atomic E-state index is 0.0315. The maximum atomic E-state index is 10.9. The van der Waals surface area contributed by atoms with Crippen molar-refractivity contribution in [1.29, 1.82) is 0 Å². The first kappa shape index (κ1) is 11.0. The average Bonchev–Trinajstić information content (AvgIpc) is 2.42. The Labute approximate surface area is 83.0 Å². The van der Waals surface area contributed by atoms with Gasteiger partial charge in [-0.05, 0) is 0 Å². The number of anilines is 1. The van der Waals surface area contributed by atoms with Gasteiger partial charge in [0.25, 0.3) is 0 Å². The molecule has 1 aromatic rings. The molecule has 1 heterocycles. The zero-order chi connectivity index (χ0) is 10.8. The van der Waals surface area contributed by atoms with E-state index in [1.807, 2.05) is 6.92 Å². The van der Waals surface area contributed by atoms with Gasteiger partial charge in [0.2, 0.25) is 5.95 Å². The molecule has 0 aliphatic rings. The third-order valence-electron chi connectivity index (χ3n) is 1.73. The number of nitrogen functional groups attached to an aromatic ring is 1. The number of sulfone groups is 1. The van der Waals surface area contributed by atoms with Crippen LogP contribution in [-0.2, 0) is 22.8 Å². The highest BCUT2D eigenvalue weighted by Gasteiger charge is 2.08. The van der Waals surface area contributed by atoms with Crippen molar-refractivity contribution in [3.8, 4) is 0 Å².